The number of hydrogen-bond donors (Lipinski definition) is 2. The Hall–Kier alpha value is -2.35. The Labute approximate surface area is 140 Å². The molecule has 0 unspecified atom stereocenters. The van der Waals surface area contributed by atoms with Gasteiger partial charge in [0.1, 0.15) is 5.60 Å². The van der Waals surface area contributed by atoms with E-state index in [9.17, 15) is 9.59 Å². The fraction of sp³-hybridized carbons (Fsp3) is 0.267. The molecule has 1 aromatic carbocycles. The Kier molecular flexibility index (Phi) is 4.74. The summed E-state index contributed by atoms with van der Waals surface area (Å²) in [5.41, 5.74) is 0.226. The summed E-state index contributed by atoms with van der Waals surface area (Å²) in [5.74, 6) is -0.897. The second kappa shape index (κ2) is 6.41. The zero-order valence-electron chi connectivity index (χ0n) is 12.7. The predicted molar refractivity (Wildman–Crippen MR) is 86.5 cm³/mol. The van der Waals surface area contributed by atoms with Gasteiger partial charge in [0.15, 0.2) is 11.5 Å². The van der Waals surface area contributed by atoms with E-state index in [-0.39, 0.29) is 11.5 Å². The first-order valence-corrected chi connectivity index (χ1v) is 7.45. The topological polar surface area (TPSA) is 102 Å². The van der Waals surface area contributed by atoms with E-state index in [0.29, 0.717) is 15.7 Å². The van der Waals surface area contributed by atoms with Crippen LogP contribution in [0.3, 0.4) is 0 Å². The molecule has 0 saturated carbocycles. The Morgan fingerprint density at radius 3 is 2.57 bits per heavy atom. The first kappa shape index (κ1) is 17.0. The highest BCUT2D eigenvalue weighted by Crippen LogP contribution is 2.30. The molecule has 2 rings (SSSR count). The number of nitrogens with one attached hydrogen (secondary N) is 1. The summed E-state index contributed by atoms with van der Waals surface area (Å²) >= 11 is 3.33. The zero-order chi connectivity index (χ0) is 17.2. The third-order valence-electron chi connectivity index (χ3n) is 2.62. The molecular weight excluding hydrogens is 368 g/mol. The van der Waals surface area contributed by atoms with Gasteiger partial charge in [0.25, 0.3) is 0 Å². The summed E-state index contributed by atoms with van der Waals surface area (Å²) < 4.78 is 10.8. The van der Waals surface area contributed by atoms with Gasteiger partial charge in [-0.3, -0.25) is 5.32 Å². The molecule has 0 radical (unpaired) electrons. The molecule has 1 aromatic heterocycles. The summed E-state index contributed by atoms with van der Waals surface area (Å²) in [6.07, 6.45) is -0.598. The van der Waals surface area contributed by atoms with Crippen molar-refractivity contribution in [2.24, 2.45) is 0 Å². The molecule has 0 saturated heterocycles. The normalized spacial score (nSPS) is 11.1. The Balaban J connectivity index is 2.24. The maximum absolute atomic E-state index is 11.9. The molecule has 7 nitrogen and oxygen atoms in total. The van der Waals surface area contributed by atoms with Crippen LogP contribution in [0.5, 0.6) is 0 Å². The number of carbonyl (C=O) groups excluding carboxylic acids is 1. The largest absolute Gasteiger partial charge is 0.476 e. The second-order valence-corrected chi connectivity index (χ2v) is 6.56. The Morgan fingerprint density at radius 2 is 2.00 bits per heavy atom. The van der Waals surface area contributed by atoms with Crippen LogP contribution in [0.1, 0.15) is 31.3 Å². The molecule has 1 heterocycles. The van der Waals surface area contributed by atoms with Gasteiger partial charge >= 0.3 is 12.1 Å². The minimum atomic E-state index is -1.18. The third-order valence-corrected chi connectivity index (χ3v) is 3.31. The van der Waals surface area contributed by atoms with E-state index in [0.717, 1.165) is 0 Å². The minimum absolute atomic E-state index is 0.190. The number of rotatable bonds is 3. The average molecular weight is 383 g/mol. The van der Waals surface area contributed by atoms with Crippen LogP contribution in [0, 0.1) is 0 Å². The quantitative estimate of drug-likeness (QED) is 0.826. The number of nitrogens with zero attached hydrogens (tertiary/aromatic N) is 1. The molecule has 0 bridgehead atoms. The zero-order valence-corrected chi connectivity index (χ0v) is 14.3. The van der Waals surface area contributed by atoms with Gasteiger partial charge in [-0.15, -0.1) is 0 Å². The maximum atomic E-state index is 11.9. The fourth-order valence-electron chi connectivity index (χ4n) is 1.70. The second-order valence-electron chi connectivity index (χ2n) is 5.70. The number of hydrogen-bond acceptors (Lipinski definition) is 5. The van der Waals surface area contributed by atoms with Crippen LogP contribution in [0.4, 0.5) is 10.5 Å². The van der Waals surface area contributed by atoms with Gasteiger partial charge in [0.05, 0.1) is 5.69 Å². The lowest BCUT2D eigenvalue weighted by atomic mass is 10.1. The average Bonchev–Trinajstić information content (AvgIpc) is 2.89. The van der Waals surface area contributed by atoms with Crippen molar-refractivity contribution in [3.63, 3.8) is 0 Å². The van der Waals surface area contributed by atoms with Crippen molar-refractivity contribution in [3.8, 4) is 11.3 Å². The molecule has 0 aliphatic heterocycles. The standard InChI is InChI=1S/C15H15BrN2O5/c1-15(2,3)22-14(21)17-10-6-8(4-5-9(10)16)12-7-11(13(19)20)18-23-12/h4-7H,1-3H3,(H,17,21)(H,19,20). The minimum Gasteiger partial charge on any atom is -0.476 e. The number of carbonyl (C=O) groups is 2. The van der Waals surface area contributed by atoms with Crippen molar-refractivity contribution in [1.82, 2.24) is 5.16 Å². The van der Waals surface area contributed by atoms with Crippen molar-refractivity contribution in [1.29, 1.82) is 0 Å². The van der Waals surface area contributed by atoms with Crippen LogP contribution in [-0.2, 0) is 4.74 Å². The summed E-state index contributed by atoms with van der Waals surface area (Å²) in [6.45, 7) is 5.29. The van der Waals surface area contributed by atoms with Gasteiger partial charge in [-0.05, 0) is 54.9 Å². The van der Waals surface area contributed by atoms with Crippen LogP contribution in [0.15, 0.2) is 33.3 Å². The smallest absolute Gasteiger partial charge is 0.412 e. The monoisotopic (exact) mass is 382 g/mol. The number of ether oxygens (including phenoxy) is 1. The molecule has 0 aliphatic rings. The molecule has 0 atom stereocenters. The van der Waals surface area contributed by atoms with Crippen LogP contribution in [-0.4, -0.2) is 27.9 Å². The first-order chi connectivity index (χ1) is 10.7. The number of benzene rings is 1. The van der Waals surface area contributed by atoms with Gasteiger partial charge < -0.3 is 14.4 Å². The number of halogens is 1. The van der Waals surface area contributed by atoms with E-state index < -0.39 is 17.7 Å². The van der Waals surface area contributed by atoms with Crippen molar-refractivity contribution in [3.05, 3.63) is 34.4 Å². The van der Waals surface area contributed by atoms with E-state index in [1.807, 2.05) is 0 Å². The van der Waals surface area contributed by atoms with Crippen LogP contribution in [0.25, 0.3) is 11.3 Å². The molecule has 0 aliphatic carbocycles. The van der Waals surface area contributed by atoms with E-state index >= 15 is 0 Å². The summed E-state index contributed by atoms with van der Waals surface area (Å²) in [5, 5.41) is 14.9. The number of carboxylic acid groups (broad SMARTS) is 1. The van der Waals surface area contributed by atoms with Crippen molar-refractivity contribution >= 4 is 33.7 Å². The number of amides is 1. The van der Waals surface area contributed by atoms with E-state index in [1.165, 1.54) is 6.07 Å². The SMILES string of the molecule is CC(C)(C)OC(=O)Nc1cc(-c2cc(C(=O)O)no2)ccc1Br. The van der Waals surface area contributed by atoms with Crippen LogP contribution in [0.2, 0.25) is 0 Å². The molecule has 2 aromatic rings. The number of carboxylic acids is 1. The number of aromatic carboxylic acids is 1. The third kappa shape index (κ3) is 4.56. The Bertz CT molecular complexity index is 749. The van der Waals surface area contributed by atoms with E-state index in [4.69, 9.17) is 14.4 Å². The van der Waals surface area contributed by atoms with Gasteiger partial charge in [-0.1, -0.05) is 5.16 Å². The van der Waals surface area contributed by atoms with Crippen LogP contribution >= 0.6 is 15.9 Å². The lowest BCUT2D eigenvalue weighted by molar-refractivity contribution is 0.0633. The predicted octanol–water partition coefficient (Wildman–Crippen LogP) is 4.15. The molecule has 0 spiro atoms. The molecule has 122 valence electrons. The number of aromatic nitrogens is 1. The maximum Gasteiger partial charge on any atom is 0.412 e. The lowest BCUT2D eigenvalue weighted by Gasteiger charge is -2.20. The summed E-state index contributed by atoms with van der Waals surface area (Å²) in [7, 11) is 0. The lowest BCUT2D eigenvalue weighted by Crippen LogP contribution is -2.27. The molecule has 1 amide bonds. The van der Waals surface area contributed by atoms with Gasteiger partial charge in [0.2, 0.25) is 0 Å². The number of anilines is 1. The van der Waals surface area contributed by atoms with Crippen molar-refractivity contribution < 1.29 is 24.0 Å². The molecule has 23 heavy (non-hydrogen) atoms. The van der Waals surface area contributed by atoms with E-state index in [1.54, 1.807) is 39.0 Å². The van der Waals surface area contributed by atoms with Gasteiger partial charge in [0, 0.05) is 16.1 Å². The van der Waals surface area contributed by atoms with Gasteiger partial charge in [-0.25, -0.2) is 9.59 Å². The molecule has 2 N–H and O–H groups in total. The van der Waals surface area contributed by atoms with Crippen molar-refractivity contribution in [2.75, 3.05) is 5.32 Å². The fourth-order valence-corrected chi connectivity index (χ4v) is 2.05. The highest BCUT2D eigenvalue weighted by molar-refractivity contribution is 9.10. The van der Waals surface area contributed by atoms with Crippen LogP contribution < -0.4 is 5.32 Å². The Morgan fingerprint density at radius 1 is 1.30 bits per heavy atom. The molecular formula is C15H15BrN2O5. The van der Waals surface area contributed by atoms with E-state index in [2.05, 4.69) is 26.4 Å². The summed E-state index contributed by atoms with van der Waals surface area (Å²) in [6, 6.07) is 6.34. The molecule has 8 heteroatoms. The first-order valence-electron chi connectivity index (χ1n) is 6.65. The summed E-state index contributed by atoms with van der Waals surface area (Å²) in [4.78, 5) is 22.7. The molecule has 0 fully saturated rings. The highest BCUT2D eigenvalue weighted by Gasteiger charge is 2.18. The highest BCUT2D eigenvalue weighted by atomic mass is 79.9. The van der Waals surface area contributed by atoms with Gasteiger partial charge in [-0.2, -0.15) is 0 Å². The van der Waals surface area contributed by atoms with Crippen molar-refractivity contribution in [2.45, 2.75) is 26.4 Å².